The zero-order valence-corrected chi connectivity index (χ0v) is 12.7. The first-order chi connectivity index (χ1) is 8.67. The summed E-state index contributed by atoms with van der Waals surface area (Å²) in [4.78, 5) is 11.7. The molecule has 1 aromatic carbocycles. The normalized spacial score (nSPS) is 12.2. The van der Waals surface area contributed by atoms with Crippen molar-refractivity contribution in [2.45, 2.75) is 45.4 Å². The molecule has 0 bridgehead atoms. The average molecular weight is 313 g/mol. The molecule has 0 radical (unpaired) electrons. The van der Waals surface area contributed by atoms with E-state index >= 15 is 0 Å². The van der Waals surface area contributed by atoms with Gasteiger partial charge in [-0.1, -0.05) is 48.3 Å². The number of carbonyl (C=O) groups is 1. The molecule has 0 heterocycles. The number of ether oxygens (including phenoxy) is 1. The van der Waals surface area contributed by atoms with Crippen LogP contribution in [0, 0.1) is 0 Å². The van der Waals surface area contributed by atoms with Crippen molar-refractivity contribution in [3.8, 4) is 0 Å². The van der Waals surface area contributed by atoms with Crippen molar-refractivity contribution in [1.29, 1.82) is 0 Å². The molecule has 0 fully saturated rings. The monoisotopic (exact) mass is 312 g/mol. The molecule has 1 rings (SSSR count). The first-order valence-electron chi connectivity index (χ1n) is 6.58. The molecule has 1 atom stereocenters. The second kappa shape index (κ2) is 8.30. The third-order valence-corrected chi connectivity index (χ3v) is 3.33. The zero-order valence-electron chi connectivity index (χ0n) is 11.1. The van der Waals surface area contributed by atoms with Crippen LogP contribution in [0.15, 0.2) is 28.7 Å². The van der Waals surface area contributed by atoms with Gasteiger partial charge in [0.2, 0.25) is 0 Å². The molecule has 1 aromatic rings. The van der Waals surface area contributed by atoms with Gasteiger partial charge in [-0.05, 0) is 36.5 Å². The lowest BCUT2D eigenvalue weighted by Crippen LogP contribution is -2.11. The molecule has 18 heavy (non-hydrogen) atoms. The quantitative estimate of drug-likeness (QED) is 0.683. The van der Waals surface area contributed by atoms with Crippen LogP contribution in [0.1, 0.15) is 51.0 Å². The van der Waals surface area contributed by atoms with E-state index in [4.69, 9.17) is 4.74 Å². The van der Waals surface area contributed by atoms with Crippen LogP contribution < -0.4 is 0 Å². The maximum absolute atomic E-state index is 11.7. The Labute approximate surface area is 118 Å². The Morgan fingerprint density at radius 2 is 2.11 bits per heavy atom. The van der Waals surface area contributed by atoms with Crippen molar-refractivity contribution >= 4 is 21.9 Å². The van der Waals surface area contributed by atoms with Gasteiger partial charge in [0.05, 0.1) is 13.0 Å². The fraction of sp³-hybridized carbons (Fsp3) is 0.533. The lowest BCUT2D eigenvalue weighted by Gasteiger charge is -2.16. The Bertz CT molecular complexity index is 377. The molecular weight excluding hydrogens is 292 g/mol. The molecule has 0 aliphatic rings. The van der Waals surface area contributed by atoms with Crippen LogP contribution in [0.25, 0.3) is 0 Å². The summed E-state index contributed by atoms with van der Waals surface area (Å²) in [5.41, 5.74) is 1.21. The Morgan fingerprint density at radius 1 is 1.33 bits per heavy atom. The van der Waals surface area contributed by atoms with Gasteiger partial charge in [-0.15, -0.1) is 0 Å². The van der Waals surface area contributed by atoms with E-state index in [2.05, 4.69) is 35.0 Å². The minimum atomic E-state index is -0.0877. The Balaban J connectivity index is 2.67. The van der Waals surface area contributed by atoms with E-state index in [1.54, 1.807) is 0 Å². The Morgan fingerprint density at radius 3 is 2.72 bits per heavy atom. The van der Waals surface area contributed by atoms with Crippen LogP contribution in [0.3, 0.4) is 0 Å². The number of esters is 1. The predicted molar refractivity (Wildman–Crippen MR) is 77.7 cm³/mol. The van der Waals surface area contributed by atoms with Gasteiger partial charge in [-0.3, -0.25) is 4.79 Å². The van der Waals surface area contributed by atoms with Crippen molar-refractivity contribution in [2.24, 2.45) is 0 Å². The van der Waals surface area contributed by atoms with Gasteiger partial charge < -0.3 is 4.74 Å². The number of benzene rings is 1. The molecule has 100 valence electrons. The van der Waals surface area contributed by atoms with Crippen LogP contribution in [0.4, 0.5) is 0 Å². The summed E-state index contributed by atoms with van der Waals surface area (Å²) in [6.07, 6.45) is 3.43. The molecule has 0 aliphatic heterocycles. The smallest absolute Gasteiger partial charge is 0.306 e. The van der Waals surface area contributed by atoms with E-state index in [0.29, 0.717) is 13.0 Å². The standard InChI is InChI=1S/C15H21BrO2/c1-3-6-12(11-15(17)18-9-4-2)13-7-5-8-14(16)10-13/h5,7-8,10,12H,3-4,6,9,11H2,1-2H3. The highest BCUT2D eigenvalue weighted by Crippen LogP contribution is 2.27. The molecule has 3 heteroatoms. The van der Waals surface area contributed by atoms with Gasteiger partial charge in [0.1, 0.15) is 0 Å². The van der Waals surface area contributed by atoms with Crippen LogP contribution in [0.2, 0.25) is 0 Å². The summed E-state index contributed by atoms with van der Waals surface area (Å²) in [5, 5.41) is 0. The summed E-state index contributed by atoms with van der Waals surface area (Å²) in [6.45, 7) is 4.67. The van der Waals surface area contributed by atoms with Gasteiger partial charge >= 0.3 is 5.97 Å². The van der Waals surface area contributed by atoms with Crippen molar-refractivity contribution in [3.05, 3.63) is 34.3 Å². The van der Waals surface area contributed by atoms with Crippen molar-refractivity contribution < 1.29 is 9.53 Å². The highest BCUT2D eigenvalue weighted by molar-refractivity contribution is 9.10. The van der Waals surface area contributed by atoms with Crippen LogP contribution >= 0.6 is 15.9 Å². The van der Waals surface area contributed by atoms with Crippen molar-refractivity contribution in [1.82, 2.24) is 0 Å². The molecule has 0 amide bonds. The summed E-state index contributed by atoms with van der Waals surface area (Å²) in [6, 6.07) is 8.19. The van der Waals surface area contributed by atoms with Crippen molar-refractivity contribution in [2.75, 3.05) is 6.61 Å². The van der Waals surface area contributed by atoms with Gasteiger partial charge in [0, 0.05) is 4.47 Å². The molecule has 0 N–H and O–H groups in total. The average Bonchev–Trinajstić information content (AvgIpc) is 2.36. The van der Waals surface area contributed by atoms with Gasteiger partial charge in [-0.25, -0.2) is 0 Å². The third kappa shape index (κ3) is 5.21. The van der Waals surface area contributed by atoms with E-state index in [0.717, 1.165) is 23.7 Å². The van der Waals surface area contributed by atoms with E-state index in [-0.39, 0.29) is 11.9 Å². The second-order valence-corrected chi connectivity index (χ2v) is 5.38. The third-order valence-electron chi connectivity index (χ3n) is 2.84. The zero-order chi connectivity index (χ0) is 13.4. The highest BCUT2D eigenvalue weighted by Gasteiger charge is 2.16. The van der Waals surface area contributed by atoms with Crippen LogP contribution in [-0.2, 0) is 9.53 Å². The van der Waals surface area contributed by atoms with E-state index in [1.165, 1.54) is 5.56 Å². The molecule has 0 aromatic heterocycles. The summed E-state index contributed by atoms with van der Waals surface area (Å²) >= 11 is 3.47. The summed E-state index contributed by atoms with van der Waals surface area (Å²) < 4.78 is 6.23. The SMILES string of the molecule is CCCOC(=O)CC(CCC)c1cccc(Br)c1. The topological polar surface area (TPSA) is 26.3 Å². The Kier molecular flexibility index (Phi) is 7.02. The fourth-order valence-electron chi connectivity index (χ4n) is 1.97. The molecule has 1 unspecified atom stereocenters. The molecule has 2 nitrogen and oxygen atoms in total. The predicted octanol–water partition coefficient (Wildman–Crippen LogP) is 4.68. The minimum Gasteiger partial charge on any atom is -0.466 e. The maximum atomic E-state index is 11.7. The number of carbonyl (C=O) groups excluding carboxylic acids is 1. The number of rotatable bonds is 7. The first kappa shape index (κ1) is 15.2. The van der Waals surface area contributed by atoms with E-state index in [9.17, 15) is 4.79 Å². The molecular formula is C15H21BrO2. The van der Waals surface area contributed by atoms with E-state index in [1.807, 2.05) is 19.1 Å². The summed E-state index contributed by atoms with van der Waals surface area (Å²) in [7, 11) is 0. The molecule has 0 saturated heterocycles. The van der Waals surface area contributed by atoms with E-state index < -0.39 is 0 Å². The lowest BCUT2D eigenvalue weighted by atomic mass is 9.91. The Hall–Kier alpha value is -0.830. The lowest BCUT2D eigenvalue weighted by molar-refractivity contribution is -0.144. The fourth-order valence-corrected chi connectivity index (χ4v) is 2.39. The molecule has 0 saturated carbocycles. The van der Waals surface area contributed by atoms with Gasteiger partial charge in [0.25, 0.3) is 0 Å². The number of halogens is 1. The van der Waals surface area contributed by atoms with Gasteiger partial charge in [0.15, 0.2) is 0 Å². The van der Waals surface area contributed by atoms with Crippen LogP contribution in [0.5, 0.6) is 0 Å². The molecule has 0 spiro atoms. The number of hydrogen-bond acceptors (Lipinski definition) is 2. The number of hydrogen-bond donors (Lipinski definition) is 0. The maximum Gasteiger partial charge on any atom is 0.306 e. The largest absolute Gasteiger partial charge is 0.466 e. The molecule has 0 aliphatic carbocycles. The summed E-state index contributed by atoms with van der Waals surface area (Å²) in [5.74, 6) is 0.173. The first-order valence-corrected chi connectivity index (χ1v) is 7.37. The minimum absolute atomic E-state index is 0.0877. The van der Waals surface area contributed by atoms with Crippen molar-refractivity contribution in [3.63, 3.8) is 0 Å². The second-order valence-electron chi connectivity index (χ2n) is 4.47. The highest BCUT2D eigenvalue weighted by atomic mass is 79.9. The van der Waals surface area contributed by atoms with Crippen LogP contribution in [-0.4, -0.2) is 12.6 Å². The van der Waals surface area contributed by atoms with Gasteiger partial charge in [-0.2, -0.15) is 0 Å².